The normalized spacial score (nSPS) is 11.0. The number of aryl methyl sites for hydroxylation is 2. The number of hydrogen-bond donors (Lipinski definition) is 0. The van der Waals surface area contributed by atoms with E-state index < -0.39 is 0 Å². The lowest BCUT2D eigenvalue weighted by atomic mass is 10.0. The molecule has 2 heterocycles. The summed E-state index contributed by atoms with van der Waals surface area (Å²) in [5, 5.41) is 9.94. The monoisotopic (exact) mass is 342 g/mol. The molecule has 0 unspecified atom stereocenters. The highest BCUT2D eigenvalue weighted by Crippen LogP contribution is 2.28. The molecular formula is C17H18N4O2S. The van der Waals surface area contributed by atoms with Gasteiger partial charge in [-0.1, -0.05) is 30.0 Å². The van der Waals surface area contributed by atoms with E-state index in [1.165, 1.54) is 18.9 Å². The van der Waals surface area contributed by atoms with Crippen molar-refractivity contribution in [2.75, 3.05) is 7.11 Å². The predicted molar refractivity (Wildman–Crippen MR) is 93.1 cm³/mol. The van der Waals surface area contributed by atoms with E-state index in [9.17, 15) is 4.79 Å². The lowest BCUT2D eigenvalue weighted by Gasteiger charge is -2.13. The molecule has 0 radical (unpaired) electrons. The Labute approximate surface area is 144 Å². The van der Waals surface area contributed by atoms with Crippen molar-refractivity contribution in [3.8, 4) is 0 Å². The molecule has 124 valence electrons. The lowest BCUT2D eigenvalue weighted by Crippen LogP contribution is -2.10. The average Bonchev–Trinajstić information content (AvgIpc) is 2.91. The second-order valence-corrected chi connectivity index (χ2v) is 6.39. The lowest BCUT2D eigenvalue weighted by molar-refractivity contribution is 0.0598. The van der Waals surface area contributed by atoms with E-state index in [0.29, 0.717) is 17.0 Å². The van der Waals surface area contributed by atoms with E-state index in [2.05, 4.69) is 15.2 Å². The van der Waals surface area contributed by atoms with Crippen LogP contribution in [0.1, 0.15) is 27.4 Å². The number of aromatic nitrogens is 4. The Kier molecular flexibility index (Phi) is 4.53. The highest BCUT2D eigenvalue weighted by molar-refractivity contribution is 7.98. The fraction of sp³-hybridized carbons (Fsp3) is 0.294. The van der Waals surface area contributed by atoms with Crippen molar-refractivity contribution < 1.29 is 9.53 Å². The zero-order valence-corrected chi connectivity index (χ0v) is 14.8. The zero-order chi connectivity index (χ0) is 17.3. The molecule has 0 saturated carbocycles. The number of ether oxygens (including phenoxy) is 1. The van der Waals surface area contributed by atoms with Gasteiger partial charge in [-0.05, 0) is 25.5 Å². The Hall–Kier alpha value is -2.41. The smallest absolute Gasteiger partial charge is 0.340 e. The Morgan fingerprint density at radius 2 is 2.00 bits per heavy atom. The van der Waals surface area contributed by atoms with E-state index in [-0.39, 0.29) is 5.97 Å². The van der Waals surface area contributed by atoms with Crippen LogP contribution in [0.4, 0.5) is 0 Å². The maximum absolute atomic E-state index is 12.3. The maximum atomic E-state index is 12.3. The van der Waals surface area contributed by atoms with Gasteiger partial charge in [0.15, 0.2) is 5.16 Å². The molecule has 0 saturated heterocycles. The van der Waals surface area contributed by atoms with Crippen molar-refractivity contribution in [3.63, 3.8) is 0 Å². The van der Waals surface area contributed by atoms with Crippen LogP contribution in [0.25, 0.3) is 10.9 Å². The number of rotatable bonds is 4. The molecule has 0 bridgehead atoms. The number of hydrogen-bond acceptors (Lipinski definition) is 6. The molecule has 0 spiro atoms. The summed E-state index contributed by atoms with van der Waals surface area (Å²) in [4.78, 5) is 17.0. The summed E-state index contributed by atoms with van der Waals surface area (Å²) in [5.74, 6) is 0.992. The second-order valence-electron chi connectivity index (χ2n) is 5.44. The second kappa shape index (κ2) is 6.60. The zero-order valence-electron chi connectivity index (χ0n) is 14.0. The van der Waals surface area contributed by atoms with Gasteiger partial charge >= 0.3 is 5.97 Å². The van der Waals surface area contributed by atoms with Gasteiger partial charge in [-0.2, -0.15) is 0 Å². The van der Waals surface area contributed by atoms with Crippen LogP contribution in [0.15, 0.2) is 29.4 Å². The van der Waals surface area contributed by atoms with Gasteiger partial charge in [0.1, 0.15) is 5.82 Å². The molecule has 0 N–H and O–H groups in total. The first-order chi connectivity index (χ1) is 11.5. The van der Waals surface area contributed by atoms with E-state index in [0.717, 1.165) is 27.4 Å². The van der Waals surface area contributed by atoms with Gasteiger partial charge in [-0.15, -0.1) is 10.2 Å². The largest absolute Gasteiger partial charge is 0.465 e. The third-order valence-electron chi connectivity index (χ3n) is 4.01. The number of para-hydroxylation sites is 1. The van der Waals surface area contributed by atoms with Crippen molar-refractivity contribution in [2.24, 2.45) is 7.05 Å². The van der Waals surface area contributed by atoms with Crippen LogP contribution in [0.5, 0.6) is 0 Å². The molecule has 0 amide bonds. The molecular weight excluding hydrogens is 324 g/mol. The first-order valence-corrected chi connectivity index (χ1v) is 8.46. The molecule has 3 aromatic rings. The SMILES string of the molecule is COC(=O)c1c(CSc2nnc(C)n2C)nc2ccccc2c1C. The maximum Gasteiger partial charge on any atom is 0.340 e. The standard InChI is InChI=1S/C17H18N4O2S/c1-10-12-7-5-6-8-13(12)18-14(15(10)16(22)23-4)9-24-17-20-19-11(2)21(17)3/h5-8H,9H2,1-4H3. The molecule has 1 aromatic carbocycles. The molecule has 0 atom stereocenters. The van der Waals surface area contributed by atoms with Gasteiger partial charge in [-0.3, -0.25) is 4.98 Å². The minimum absolute atomic E-state index is 0.365. The fourth-order valence-electron chi connectivity index (χ4n) is 2.56. The summed E-state index contributed by atoms with van der Waals surface area (Å²) in [6.07, 6.45) is 0. The van der Waals surface area contributed by atoms with Gasteiger partial charge in [-0.25, -0.2) is 4.79 Å². The van der Waals surface area contributed by atoms with Crippen LogP contribution in [0, 0.1) is 13.8 Å². The molecule has 7 heteroatoms. The van der Waals surface area contributed by atoms with Gasteiger partial charge < -0.3 is 9.30 Å². The number of carbonyl (C=O) groups excluding carboxylic acids is 1. The predicted octanol–water partition coefficient (Wildman–Crippen LogP) is 3.06. The third-order valence-corrected chi connectivity index (χ3v) is 5.04. The number of carbonyl (C=O) groups is 1. The number of esters is 1. The Bertz CT molecular complexity index is 920. The molecule has 0 fully saturated rings. The summed E-state index contributed by atoms with van der Waals surface area (Å²) in [7, 11) is 3.30. The summed E-state index contributed by atoms with van der Waals surface area (Å²) in [6.45, 7) is 3.83. The number of methoxy groups -OCH3 is 1. The molecule has 0 aliphatic rings. The molecule has 24 heavy (non-hydrogen) atoms. The van der Waals surface area contributed by atoms with E-state index in [1.54, 1.807) is 0 Å². The van der Waals surface area contributed by atoms with Crippen molar-refractivity contribution in [3.05, 3.63) is 46.9 Å². The van der Waals surface area contributed by atoms with Crippen LogP contribution < -0.4 is 0 Å². The molecule has 0 aliphatic carbocycles. The highest BCUT2D eigenvalue weighted by atomic mass is 32.2. The van der Waals surface area contributed by atoms with Crippen molar-refractivity contribution >= 4 is 28.6 Å². The van der Waals surface area contributed by atoms with Gasteiger partial charge in [0.05, 0.1) is 23.9 Å². The van der Waals surface area contributed by atoms with Gasteiger partial charge in [0, 0.05) is 18.2 Å². The topological polar surface area (TPSA) is 69.9 Å². The third kappa shape index (κ3) is 2.87. The van der Waals surface area contributed by atoms with E-state index >= 15 is 0 Å². The van der Waals surface area contributed by atoms with Crippen LogP contribution in [0.3, 0.4) is 0 Å². The molecule has 0 aliphatic heterocycles. The van der Waals surface area contributed by atoms with Crippen LogP contribution in [-0.2, 0) is 17.5 Å². The summed E-state index contributed by atoms with van der Waals surface area (Å²) < 4.78 is 6.88. The number of fused-ring (bicyclic) bond motifs is 1. The fourth-order valence-corrected chi connectivity index (χ4v) is 3.46. The van der Waals surface area contributed by atoms with Crippen LogP contribution in [-0.4, -0.2) is 32.8 Å². The van der Waals surface area contributed by atoms with Crippen molar-refractivity contribution in [2.45, 2.75) is 24.8 Å². The minimum atomic E-state index is -0.365. The average molecular weight is 342 g/mol. The van der Waals surface area contributed by atoms with Crippen molar-refractivity contribution in [1.29, 1.82) is 0 Å². The first-order valence-electron chi connectivity index (χ1n) is 7.48. The molecule has 3 rings (SSSR count). The number of pyridine rings is 1. The Balaban J connectivity index is 2.05. The van der Waals surface area contributed by atoms with Gasteiger partial charge in [0.2, 0.25) is 0 Å². The van der Waals surface area contributed by atoms with Crippen LogP contribution in [0.2, 0.25) is 0 Å². The summed E-state index contributed by atoms with van der Waals surface area (Å²) >= 11 is 1.50. The highest BCUT2D eigenvalue weighted by Gasteiger charge is 2.20. The van der Waals surface area contributed by atoms with Crippen molar-refractivity contribution in [1.82, 2.24) is 19.7 Å². The number of nitrogens with zero attached hydrogens (tertiary/aromatic N) is 4. The van der Waals surface area contributed by atoms with E-state index in [4.69, 9.17) is 4.74 Å². The molecule has 6 nitrogen and oxygen atoms in total. The molecule has 2 aromatic heterocycles. The summed E-state index contributed by atoms with van der Waals surface area (Å²) in [6, 6.07) is 7.79. The van der Waals surface area contributed by atoms with Crippen LogP contribution >= 0.6 is 11.8 Å². The van der Waals surface area contributed by atoms with Gasteiger partial charge in [0.25, 0.3) is 0 Å². The Morgan fingerprint density at radius 1 is 1.25 bits per heavy atom. The number of benzene rings is 1. The van der Waals surface area contributed by atoms with E-state index in [1.807, 2.05) is 49.7 Å². The Morgan fingerprint density at radius 3 is 2.67 bits per heavy atom. The minimum Gasteiger partial charge on any atom is -0.465 e. The quantitative estimate of drug-likeness (QED) is 0.536. The summed E-state index contributed by atoms with van der Waals surface area (Å²) in [5.41, 5.74) is 2.98. The number of thioether (sulfide) groups is 1. The first kappa shape index (κ1) is 16.4.